The van der Waals surface area contributed by atoms with Gasteiger partial charge in [0.2, 0.25) is 5.91 Å². The molecule has 2 N–H and O–H groups in total. The summed E-state index contributed by atoms with van der Waals surface area (Å²) in [6.45, 7) is 5.52. The number of hydrogen-bond donors (Lipinski definition) is 1. The van der Waals surface area contributed by atoms with Crippen LogP contribution in [0.25, 0.3) is 0 Å². The molecule has 1 amide bonds. The number of ether oxygens (including phenoxy) is 1. The topological polar surface area (TPSA) is 113 Å². The second kappa shape index (κ2) is 8.61. The SMILES string of the molecule is CC1=C(N2C(=O)C3(CCC(N(C)Cc4ccc5c(c4)CN=C5N=NN)CC3)C[C@@H]2C)COC1=O. The lowest BCUT2D eigenvalue weighted by Crippen LogP contribution is -2.42. The first-order chi connectivity index (χ1) is 16.3. The van der Waals surface area contributed by atoms with Gasteiger partial charge >= 0.3 is 5.97 Å². The van der Waals surface area contributed by atoms with Gasteiger partial charge in [0, 0.05) is 24.2 Å². The lowest BCUT2D eigenvalue weighted by atomic mass is 9.70. The van der Waals surface area contributed by atoms with Crippen LogP contribution in [0.15, 0.2) is 44.8 Å². The molecule has 180 valence electrons. The highest BCUT2D eigenvalue weighted by Gasteiger charge is 2.53. The van der Waals surface area contributed by atoms with Crippen molar-refractivity contribution in [2.24, 2.45) is 26.6 Å². The van der Waals surface area contributed by atoms with E-state index >= 15 is 0 Å². The van der Waals surface area contributed by atoms with E-state index in [0.29, 0.717) is 24.0 Å². The second-order valence-electron chi connectivity index (χ2n) is 10.1. The van der Waals surface area contributed by atoms with Crippen LogP contribution >= 0.6 is 0 Å². The Kier molecular flexibility index (Phi) is 5.75. The van der Waals surface area contributed by atoms with Gasteiger partial charge in [-0.05, 0) is 64.1 Å². The van der Waals surface area contributed by atoms with E-state index in [1.54, 1.807) is 6.92 Å². The molecule has 34 heavy (non-hydrogen) atoms. The van der Waals surface area contributed by atoms with E-state index in [4.69, 9.17) is 10.6 Å². The summed E-state index contributed by atoms with van der Waals surface area (Å²) in [5.41, 5.74) is 4.42. The van der Waals surface area contributed by atoms with Gasteiger partial charge in [-0.25, -0.2) is 4.79 Å². The van der Waals surface area contributed by atoms with Crippen molar-refractivity contribution in [1.82, 2.24) is 9.80 Å². The molecule has 1 saturated heterocycles. The molecule has 0 radical (unpaired) electrons. The summed E-state index contributed by atoms with van der Waals surface area (Å²) in [4.78, 5) is 34.1. The highest BCUT2D eigenvalue weighted by Crippen LogP contribution is 2.49. The number of amidine groups is 1. The van der Waals surface area contributed by atoms with Crippen LogP contribution in [0.2, 0.25) is 0 Å². The molecule has 2 fully saturated rings. The zero-order valence-electron chi connectivity index (χ0n) is 20.1. The number of nitrogens with two attached hydrogens (primary N) is 1. The molecule has 0 bridgehead atoms. The maximum atomic E-state index is 13.6. The molecule has 1 aromatic carbocycles. The number of carbonyl (C=O) groups is 2. The van der Waals surface area contributed by atoms with E-state index < -0.39 is 0 Å². The van der Waals surface area contributed by atoms with Crippen LogP contribution in [-0.2, 0) is 27.4 Å². The van der Waals surface area contributed by atoms with Crippen LogP contribution in [-0.4, -0.2) is 53.3 Å². The number of nitrogens with zero attached hydrogens (tertiary/aromatic N) is 5. The minimum absolute atomic E-state index is 0.0959. The summed E-state index contributed by atoms with van der Waals surface area (Å²) in [6.07, 6.45) is 4.60. The van der Waals surface area contributed by atoms with Gasteiger partial charge in [0.25, 0.3) is 0 Å². The predicted molar refractivity (Wildman–Crippen MR) is 126 cm³/mol. The Hall–Kier alpha value is -3.07. The summed E-state index contributed by atoms with van der Waals surface area (Å²) in [6, 6.07) is 6.90. The third-order valence-electron chi connectivity index (χ3n) is 8.10. The van der Waals surface area contributed by atoms with Gasteiger partial charge in [-0.15, -0.1) is 5.11 Å². The molecule has 5 rings (SSSR count). The molecule has 3 heterocycles. The number of amides is 1. The maximum Gasteiger partial charge on any atom is 0.336 e. The molecule has 1 aliphatic carbocycles. The molecule has 9 nitrogen and oxygen atoms in total. The summed E-state index contributed by atoms with van der Waals surface area (Å²) in [5.74, 6) is 5.65. The highest BCUT2D eigenvalue weighted by molar-refractivity contribution is 6.02. The fourth-order valence-corrected chi connectivity index (χ4v) is 6.22. The van der Waals surface area contributed by atoms with Gasteiger partial charge < -0.3 is 15.5 Å². The van der Waals surface area contributed by atoms with Gasteiger partial charge in [0.05, 0.1) is 23.2 Å². The Morgan fingerprint density at radius 2 is 2.06 bits per heavy atom. The average molecular weight is 465 g/mol. The van der Waals surface area contributed by atoms with Crippen LogP contribution in [0.1, 0.15) is 62.6 Å². The number of benzene rings is 1. The normalized spacial score (nSPS) is 29.1. The van der Waals surface area contributed by atoms with Gasteiger partial charge in [-0.1, -0.05) is 23.4 Å². The first-order valence-electron chi connectivity index (χ1n) is 12.0. The van der Waals surface area contributed by atoms with E-state index in [0.717, 1.165) is 55.5 Å². The van der Waals surface area contributed by atoms with Crippen molar-refractivity contribution in [2.45, 2.75) is 71.1 Å². The second-order valence-corrected chi connectivity index (χ2v) is 10.1. The first-order valence-corrected chi connectivity index (χ1v) is 12.0. The van der Waals surface area contributed by atoms with Crippen molar-refractivity contribution >= 4 is 17.7 Å². The van der Waals surface area contributed by atoms with E-state index in [2.05, 4.69) is 52.4 Å². The molecule has 1 saturated carbocycles. The monoisotopic (exact) mass is 464 g/mol. The molecule has 0 aromatic heterocycles. The van der Waals surface area contributed by atoms with Crippen molar-refractivity contribution in [3.05, 3.63) is 46.2 Å². The summed E-state index contributed by atoms with van der Waals surface area (Å²) in [7, 11) is 2.17. The first kappa shape index (κ1) is 22.7. The Labute approximate surface area is 199 Å². The zero-order chi connectivity index (χ0) is 24.0. The quantitative estimate of drug-likeness (QED) is 0.318. The molecular weight excluding hydrogens is 432 g/mol. The number of hydrogen-bond acceptors (Lipinski definition) is 7. The molecule has 3 aliphatic heterocycles. The minimum atomic E-state index is -0.311. The number of fused-ring (bicyclic) bond motifs is 1. The largest absolute Gasteiger partial charge is 0.456 e. The average Bonchev–Trinajstić information content (AvgIpc) is 3.44. The summed E-state index contributed by atoms with van der Waals surface area (Å²) in [5, 5.41) is 7.26. The fraction of sp³-hybridized carbons (Fsp3) is 0.560. The van der Waals surface area contributed by atoms with Crippen LogP contribution < -0.4 is 5.84 Å². The van der Waals surface area contributed by atoms with Crippen molar-refractivity contribution in [3.63, 3.8) is 0 Å². The van der Waals surface area contributed by atoms with Gasteiger partial charge in [0.1, 0.15) is 6.61 Å². The maximum absolute atomic E-state index is 13.6. The Bertz CT molecular complexity index is 1120. The van der Waals surface area contributed by atoms with E-state index in [1.165, 1.54) is 5.56 Å². The number of cyclic esters (lactones) is 1. The molecule has 4 aliphatic rings. The zero-order valence-corrected chi connectivity index (χ0v) is 20.1. The van der Waals surface area contributed by atoms with E-state index in [1.807, 2.05) is 4.90 Å². The third kappa shape index (κ3) is 3.72. The Morgan fingerprint density at radius 3 is 2.74 bits per heavy atom. The molecule has 0 unspecified atom stereocenters. The lowest BCUT2D eigenvalue weighted by molar-refractivity contribution is -0.139. The van der Waals surface area contributed by atoms with E-state index in [-0.39, 0.29) is 29.9 Å². The number of esters is 1. The number of rotatable bonds is 4. The standard InChI is InChI=1S/C25H32N6O3/c1-15-11-25(24(33)31(15)21-14-34-23(32)16(21)2)8-6-19(7-9-25)30(3)13-17-4-5-20-18(10-17)12-27-22(20)28-29-26/h4-5,10,15,19H,6-9,11-14H2,1-3H3,(H2,26,27,28)/t15-,19?,25?/m0/s1. The predicted octanol–water partition coefficient (Wildman–Crippen LogP) is 3.09. The summed E-state index contributed by atoms with van der Waals surface area (Å²) < 4.78 is 5.18. The Morgan fingerprint density at radius 1 is 1.29 bits per heavy atom. The van der Waals surface area contributed by atoms with Crippen LogP contribution in [0, 0.1) is 5.41 Å². The van der Waals surface area contributed by atoms with E-state index in [9.17, 15) is 9.59 Å². The number of likely N-dealkylation sites (tertiary alicyclic amines) is 1. The fourth-order valence-electron chi connectivity index (χ4n) is 6.22. The van der Waals surface area contributed by atoms with Gasteiger partial charge in [-0.3, -0.25) is 14.7 Å². The Balaban J connectivity index is 1.22. The van der Waals surface area contributed by atoms with Crippen molar-refractivity contribution in [1.29, 1.82) is 0 Å². The van der Waals surface area contributed by atoms with Crippen LogP contribution in [0.3, 0.4) is 0 Å². The van der Waals surface area contributed by atoms with Gasteiger partial charge in [-0.2, -0.15) is 0 Å². The minimum Gasteiger partial charge on any atom is -0.456 e. The van der Waals surface area contributed by atoms with Crippen molar-refractivity contribution in [2.75, 3.05) is 13.7 Å². The molecule has 1 spiro atoms. The summed E-state index contributed by atoms with van der Waals surface area (Å²) >= 11 is 0. The van der Waals surface area contributed by atoms with Crippen molar-refractivity contribution in [3.8, 4) is 0 Å². The highest BCUT2D eigenvalue weighted by atomic mass is 16.5. The van der Waals surface area contributed by atoms with Crippen LogP contribution in [0.5, 0.6) is 0 Å². The smallest absolute Gasteiger partial charge is 0.336 e. The lowest BCUT2D eigenvalue weighted by Gasteiger charge is -2.39. The molecule has 9 heteroatoms. The third-order valence-corrected chi connectivity index (χ3v) is 8.10. The molecule has 1 aromatic rings. The molecule has 1 atom stereocenters. The van der Waals surface area contributed by atoms with Crippen molar-refractivity contribution < 1.29 is 14.3 Å². The van der Waals surface area contributed by atoms with Crippen LogP contribution in [0.4, 0.5) is 0 Å². The van der Waals surface area contributed by atoms with Gasteiger partial charge in [0.15, 0.2) is 5.84 Å². The number of aliphatic imine (C=N–C) groups is 1. The number of carbonyl (C=O) groups excluding carboxylic acids is 2. The molecular formula is C25H32N6O3.